The lowest BCUT2D eigenvalue weighted by atomic mass is 9.82. The van der Waals surface area contributed by atoms with E-state index in [9.17, 15) is 4.79 Å². The molecule has 0 spiro atoms. The van der Waals surface area contributed by atoms with Gasteiger partial charge in [0.25, 0.3) is 0 Å². The average Bonchev–Trinajstić information content (AvgIpc) is 2.50. The summed E-state index contributed by atoms with van der Waals surface area (Å²) >= 11 is 0. The van der Waals surface area contributed by atoms with E-state index in [1.807, 2.05) is 6.92 Å². The Kier molecular flexibility index (Phi) is 8.27. The molecule has 124 valence electrons. The largest absolute Gasteiger partial charge is 0.465 e. The summed E-state index contributed by atoms with van der Waals surface area (Å²) < 4.78 is 5.53. The predicted molar refractivity (Wildman–Crippen MR) is 87.4 cm³/mol. The Labute approximate surface area is 130 Å². The third-order valence-corrected chi connectivity index (χ3v) is 4.80. The van der Waals surface area contributed by atoms with Crippen LogP contribution in [0.5, 0.6) is 0 Å². The van der Waals surface area contributed by atoms with Crippen molar-refractivity contribution >= 4 is 5.97 Å². The number of hydrogen-bond donors (Lipinski definition) is 0. The Balaban J connectivity index is 2.20. The van der Waals surface area contributed by atoms with Crippen molar-refractivity contribution in [3.63, 3.8) is 0 Å². The second kappa shape index (κ2) is 9.42. The summed E-state index contributed by atoms with van der Waals surface area (Å²) in [6.45, 7) is 12.5. The van der Waals surface area contributed by atoms with Gasteiger partial charge in [-0.3, -0.25) is 4.79 Å². The number of hydrogen-bond acceptors (Lipinski definition) is 4. The van der Waals surface area contributed by atoms with E-state index in [0.717, 1.165) is 64.8 Å². The second-order valence-corrected chi connectivity index (χ2v) is 6.65. The van der Waals surface area contributed by atoms with Crippen molar-refractivity contribution in [1.29, 1.82) is 0 Å². The molecule has 0 aromatic rings. The van der Waals surface area contributed by atoms with Crippen LogP contribution in [-0.4, -0.2) is 62.1 Å². The molecule has 1 rings (SSSR count). The molecular weight excluding hydrogens is 264 g/mol. The number of carbonyl (C=O) groups is 1. The molecule has 1 aliphatic rings. The van der Waals surface area contributed by atoms with E-state index in [1.165, 1.54) is 0 Å². The van der Waals surface area contributed by atoms with Crippen LogP contribution in [0.4, 0.5) is 0 Å². The minimum atomic E-state index is -0.288. The highest BCUT2D eigenvalue weighted by atomic mass is 16.5. The van der Waals surface area contributed by atoms with Crippen LogP contribution in [0.2, 0.25) is 0 Å². The highest BCUT2D eigenvalue weighted by Crippen LogP contribution is 2.29. The third-order valence-electron chi connectivity index (χ3n) is 4.80. The molecule has 0 N–H and O–H groups in total. The van der Waals surface area contributed by atoms with E-state index in [0.29, 0.717) is 6.61 Å². The van der Waals surface area contributed by atoms with E-state index >= 15 is 0 Å². The molecule has 0 bridgehead atoms. The van der Waals surface area contributed by atoms with Crippen LogP contribution in [0.25, 0.3) is 0 Å². The molecule has 4 nitrogen and oxygen atoms in total. The molecule has 1 heterocycles. The molecule has 0 radical (unpaired) electrons. The highest BCUT2D eigenvalue weighted by Gasteiger charge is 2.32. The molecule has 0 aromatic carbocycles. The van der Waals surface area contributed by atoms with E-state index in [4.69, 9.17) is 4.74 Å². The molecule has 4 heteroatoms. The number of unbranched alkanes of at least 4 members (excludes halogenated alkanes) is 1. The number of nitrogens with zero attached hydrogens (tertiary/aromatic N) is 2. The number of esters is 1. The van der Waals surface area contributed by atoms with Crippen LogP contribution >= 0.6 is 0 Å². The van der Waals surface area contributed by atoms with Crippen LogP contribution in [0, 0.1) is 5.41 Å². The number of piperazine rings is 1. The van der Waals surface area contributed by atoms with Gasteiger partial charge in [0.2, 0.25) is 0 Å². The zero-order valence-corrected chi connectivity index (χ0v) is 14.5. The van der Waals surface area contributed by atoms with Gasteiger partial charge in [0.1, 0.15) is 0 Å². The third kappa shape index (κ3) is 6.35. The molecule has 1 unspecified atom stereocenters. The van der Waals surface area contributed by atoms with Gasteiger partial charge in [0.15, 0.2) is 0 Å². The summed E-state index contributed by atoms with van der Waals surface area (Å²) in [5.41, 5.74) is -0.288. The summed E-state index contributed by atoms with van der Waals surface area (Å²) in [5.74, 6) is -0.00294. The van der Waals surface area contributed by atoms with E-state index in [1.54, 1.807) is 0 Å². The van der Waals surface area contributed by atoms with Gasteiger partial charge in [0.05, 0.1) is 12.0 Å². The molecular formula is C17H34N2O2. The zero-order chi connectivity index (χ0) is 15.7. The van der Waals surface area contributed by atoms with Crippen molar-refractivity contribution in [2.75, 3.05) is 46.4 Å². The maximum Gasteiger partial charge on any atom is 0.311 e. The van der Waals surface area contributed by atoms with Crippen molar-refractivity contribution in [3.05, 3.63) is 0 Å². The maximum absolute atomic E-state index is 12.3. The molecule has 1 aliphatic heterocycles. The minimum absolute atomic E-state index is 0.00294. The SMILES string of the molecule is CCCCC(C)(CC)C(=O)OCCCN1CCN(C)CC1. The van der Waals surface area contributed by atoms with Crippen LogP contribution in [0.1, 0.15) is 52.9 Å². The van der Waals surface area contributed by atoms with E-state index in [-0.39, 0.29) is 11.4 Å². The molecule has 21 heavy (non-hydrogen) atoms. The van der Waals surface area contributed by atoms with Gasteiger partial charge in [-0.25, -0.2) is 0 Å². The fraction of sp³-hybridized carbons (Fsp3) is 0.941. The first-order valence-electron chi connectivity index (χ1n) is 8.60. The number of carbonyl (C=O) groups excluding carboxylic acids is 1. The summed E-state index contributed by atoms with van der Waals surface area (Å²) in [6, 6.07) is 0. The quantitative estimate of drug-likeness (QED) is 0.484. The molecule has 0 aliphatic carbocycles. The average molecular weight is 298 g/mol. The predicted octanol–water partition coefficient (Wildman–Crippen LogP) is 2.77. The van der Waals surface area contributed by atoms with Gasteiger partial charge < -0.3 is 14.5 Å². The normalized spacial score (nSPS) is 20.2. The number of rotatable bonds is 9. The summed E-state index contributed by atoms with van der Waals surface area (Å²) in [7, 11) is 2.17. The van der Waals surface area contributed by atoms with Crippen LogP contribution in [0.15, 0.2) is 0 Å². The summed E-state index contributed by atoms with van der Waals surface area (Å²) in [5, 5.41) is 0. The number of ether oxygens (including phenoxy) is 1. The first-order valence-corrected chi connectivity index (χ1v) is 8.60. The van der Waals surface area contributed by atoms with Crippen molar-refractivity contribution in [1.82, 2.24) is 9.80 Å². The van der Waals surface area contributed by atoms with E-state index < -0.39 is 0 Å². The first-order chi connectivity index (χ1) is 10.0. The number of likely N-dealkylation sites (N-methyl/N-ethyl adjacent to an activating group) is 1. The van der Waals surface area contributed by atoms with Crippen molar-refractivity contribution in [3.8, 4) is 0 Å². The van der Waals surface area contributed by atoms with Gasteiger partial charge in [-0.05, 0) is 33.2 Å². The molecule has 1 saturated heterocycles. The first kappa shape index (κ1) is 18.4. The van der Waals surface area contributed by atoms with Crippen molar-refractivity contribution in [2.45, 2.75) is 52.9 Å². The van der Waals surface area contributed by atoms with Gasteiger partial charge >= 0.3 is 5.97 Å². The Hall–Kier alpha value is -0.610. The molecule has 1 atom stereocenters. The lowest BCUT2D eigenvalue weighted by Crippen LogP contribution is -2.44. The monoisotopic (exact) mass is 298 g/mol. The summed E-state index contributed by atoms with van der Waals surface area (Å²) in [6.07, 6.45) is 4.98. The Morgan fingerprint density at radius 3 is 2.38 bits per heavy atom. The standard InChI is InChI=1S/C17H34N2O2/c1-5-7-9-17(3,6-2)16(20)21-15-8-10-19-13-11-18(4)12-14-19/h5-15H2,1-4H3. The maximum atomic E-state index is 12.3. The lowest BCUT2D eigenvalue weighted by Gasteiger charge is -2.32. The van der Waals surface area contributed by atoms with Crippen molar-refractivity contribution in [2.24, 2.45) is 5.41 Å². The smallest absolute Gasteiger partial charge is 0.311 e. The highest BCUT2D eigenvalue weighted by molar-refractivity contribution is 5.76. The molecule has 0 saturated carbocycles. The van der Waals surface area contributed by atoms with Crippen LogP contribution < -0.4 is 0 Å². The van der Waals surface area contributed by atoms with Gasteiger partial charge in [-0.1, -0.05) is 26.7 Å². The van der Waals surface area contributed by atoms with Gasteiger partial charge in [0, 0.05) is 32.7 Å². The Bertz CT molecular complexity index is 301. The molecule has 1 fully saturated rings. The Morgan fingerprint density at radius 1 is 1.14 bits per heavy atom. The minimum Gasteiger partial charge on any atom is -0.465 e. The van der Waals surface area contributed by atoms with Gasteiger partial charge in [-0.15, -0.1) is 0 Å². The van der Waals surface area contributed by atoms with Crippen LogP contribution in [-0.2, 0) is 9.53 Å². The fourth-order valence-corrected chi connectivity index (χ4v) is 2.69. The van der Waals surface area contributed by atoms with Crippen LogP contribution in [0.3, 0.4) is 0 Å². The second-order valence-electron chi connectivity index (χ2n) is 6.65. The molecule has 0 amide bonds. The molecule has 0 aromatic heterocycles. The Morgan fingerprint density at radius 2 is 1.81 bits per heavy atom. The topological polar surface area (TPSA) is 32.8 Å². The van der Waals surface area contributed by atoms with Gasteiger partial charge in [-0.2, -0.15) is 0 Å². The zero-order valence-electron chi connectivity index (χ0n) is 14.5. The fourth-order valence-electron chi connectivity index (χ4n) is 2.69. The summed E-state index contributed by atoms with van der Waals surface area (Å²) in [4.78, 5) is 17.1. The van der Waals surface area contributed by atoms with E-state index in [2.05, 4.69) is 30.7 Å². The lowest BCUT2D eigenvalue weighted by molar-refractivity contribution is -0.156. The van der Waals surface area contributed by atoms with Crippen molar-refractivity contribution < 1.29 is 9.53 Å².